The van der Waals surface area contributed by atoms with E-state index in [1.807, 2.05) is 13.0 Å². The molecule has 8 nitrogen and oxygen atoms in total. The van der Waals surface area contributed by atoms with Crippen LogP contribution in [0.15, 0.2) is 77.7 Å². The molecule has 0 aromatic heterocycles. The van der Waals surface area contributed by atoms with Gasteiger partial charge in [0.25, 0.3) is 11.6 Å². The Bertz CT molecular complexity index is 1170. The number of anilines is 1. The number of nitrogens with zero attached hydrogens (tertiary/aromatic N) is 1. The summed E-state index contributed by atoms with van der Waals surface area (Å²) in [6, 6.07) is 20.0. The third kappa shape index (κ3) is 6.35. The summed E-state index contributed by atoms with van der Waals surface area (Å²) < 4.78 is 11.0. The first kappa shape index (κ1) is 24.8. The number of rotatable bonds is 9. The summed E-state index contributed by atoms with van der Waals surface area (Å²) in [7, 11) is 1.51. The summed E-state index contributed by atoms with van der Waals surface area (Å²) in [5.41, 5.74) is 1.88. The van der Waals surface area contributed by atoms with E-state index in [1.165, 1.54) is 31.0 Å². The van der Waals surface area contributed by atoms with Crippen molar-refractivity contribution in [2.75, 3.05) is 12.4 Å². The summed E-state index contributed by atoms with van der Waals surface area (Å²) in [5.74, 6) is -0.626. The van der Waals surface area contributed by atoms with Gasteiger partial charge in [-0.2, -0.15) is 0 Å². The first-order valence-electron chi connectivity index (χ1n) is 10.4. The van der Waals surface area contributed by atoms with E-state index in [4.69, 9.17) is 9.47 Å². The smallest absolute Gasteiger partial charge is 0.320 e. The fourth-order valence-electron chi connectivity index (χ4n) is 3.13. The summed E-state index contributed by atoms with van der Waals surface area (Å²) in [6.07, 6.45) is -1.18. The highest BCUT2D eigenvalue weighted by Crippen LogP contribution is 2.30. The minimum Gasteiger partial charge on any atom is -0.495 e. The van der Waals surface area contributed by atoms with E-state index >= 15 is 0 Å². The number of thioether (sulfide) groups is 1. The number of carbonyl (C=O) groups is 2. The molecule has 3 aromatic carbocycles. The van der Waals surface area contributed by atoms with Crippen LogP contribution >= 0.6 is 11.8 Å². The number of benzene rings is 3. The number of nitro benzene ring substituents is 1. The zero-order valence-electron chi connectivity index (χ0n) is 18.9. The normalized spacial score (nSPS) is 12.3. The van der Waals surface area contributed by atoms with Gasteiger partial charge >= 0.3 is 5.97 Å². The summed E-state index contributed by atoms with van der Waals surface area (Å²) in [6.45, 7) is 3.54. The van der Waals surface area contributed by atoms with Crippen molar-refractivity contribution in [3.05, 3.63) is 94.0 Å². The van der Waals surface area contributed by atoms with E-state index in [0.717, 1.165) is 5.56 Å². The number of nitrogens with one attached hydrogen (secondary N) is 1. The minimum atomic E-state index is -1.18. The topological polar surface area (TPSA) is 108 Å². The van der Waals surface area contributed by atoms with Crippen molar-refractivity contribution < 1.29 is 24.0 Å². The summed E-state index contributed by atoms with van der Waals surface area (Å²) in [4.78, 5) is 37.1. The van der Waals surface area contributed by atoms with Crippen LogP contribution in [0.4, 0.5) is 11.4 Å². The van der Waals surface area contributed by atoms with Gasteiger partial charge in [-0.3, -0.25) is 19.7 Å². The number of hydrogen-bond donors (Lipinski definition) is 1. The lowest BCUT2D eigenvalue weighted by Crippen LogP contribution is -2.29. The highest BCUT2D eigenvalue weighted by Gasteiger charge is 2.28. The second-order valence-electron chi connectivity index (χ2n) is 7.43. The van der Waals surface area contributed by atoms with Gasteiger partial charge in [0, 0.05) is 22.6 Å². The number of carbonyl (C=O) groups excluding carboxylic acids is 2. The van der Waals surface area contributed by atoms with Gasteiger partial charge in [-0.05, 0) is 43.7 Å². The van der Waals surface area contributed by atoms with Crippen molar-refractivity contribution in [1.29, 1.82) is 0 Å². The van der Waals surface area contributed by atoms with Gasteiger partial charge in [0.1, 0.15) is 11.0 Å². The minimum absolute atomic E-state index is 0.0352. The van der Waals surface area contributed by atoms with Crippen LogP contribution in [0.25, 0.3) is 0 Å². The average Bonchev–Trinajstić information content (AvgIpc) is 2.83. The predicted octanol–water partition coefficient (Wildman–Crippen LogP) is 5.32. The highest BCUT2D eigenvalue weighted by molar-refractivity contribution is 8.00. The second-order valence-corrected chi connectivity index (χ2v) is 8.85. The zero-order valence-corrected chi connectivity index (χ0v) is 19.7. The van der Waals surface area contributed by atoms with Crippen molar-refractivity contribution in [3.8, 4) is 5.75 Å². The lowest BCUT2D eigenvalue weighted by atomic mass is 10.1. The third-order valence-electron chi connectivity index (χ3n) is 4.88. The number of nitro groups is 1. The lowest BCUT2D eigenvalue weighted by molar-refractivity contribution is -0.384. The molecule has 2 unspecified atom stereocenters. The number of hydrogen-bond acceptors (Lipinski definition) is 7. The van der Waals surface area contributed by atoms with E-state index in [-0.39, 0.29) is 5.69 Å². The molecule has 0 fully saturated rings. The molecule has 0 aliphatic rings. The van der Waals surface area contributed by atoms with Gasteiger partial charge in [-0.15, -0.1) is 11.8 Å². The van der Waals surface area contributed by atoms with Crippen molar-refractivity contribution in [3.63, 3.8) is 0 Å². The third-order valence-corrected chi connectivity index (χ3v) is 5.97. The van der Waals surface area contributed by atoms with E-state index in [0.29, 0.717) is 21.9 Å². The molecule has 2 atom stereocenters. The number of non-ortho nitro benzene ring substituents is 1. The molecular weight excluding hydrogens is 456 g/mol. The van der Waals surface area contributed by atoms with Crippen LogP contribution in [-0.2, 0) is 14.3 Å². The second kappa shape index (κ2) is 11.3. The molecule has 0 saturated heterocycles. The fourth-order valence-corrected chi connectivity index (χ4v) is 3.98. The van der Waals surface area contributed by atoms with Crippen molar-refractivity contribution in [2.45, 2.75) is 30.1 Å². The Hall–Kier alpha value is -3.85. The number of ether oxygens (including phenoxy) is 2. The highest BCUT2D eigenvalue weighted by atomic mass is 32.2. The van der Waals surface area contributed by atoms with Crippen molar-refractivity contribution >= 4 is 35.0 Å². The zero-order chi connectivity index (χ0) is 24.7. The first-order valence-corrected chi connectivity index (χ1v) is 11.3. The van der Waals surface area contributed by atoms with Crippen LogP contribution in [0.2, 0.25) is 0 Å². The molecule has 3 aromatic rings. The number of amides is 1. The van der Waals surface area contributed by atoms with Crippen molar-refractivity contribution in [2.24, 2.45) is 0 Å². The maximum atomic E-state index is 13.2. The number of aryl methyl sites for hydroxylation is 1. The van der Waals surface area contributed by atoms with E-state index in [2.05, 4.69) is 5.32 Å². The van der Waals surface area contributed by atoms with Crippen LogP contribution in [0, 0.1) is 17.0 Å². The Labute approximate surface area is 201 Å². The number of esters is 1. The molecule has 9 heteroatoms. The van der Waals surface area contributed by atoms with Crippen LogP contribution in [0.3, 0.4) is 0 Å². The molecule has 0 aliphatic heterocycles. The molecule has 0 bridgehead atoms. The molecule has 0 aliphatic carbocycles. The molecule has 0 saturated carbocycles. The Balaban J connectivity index is 1.77. The average molecular weight is 481 g/mol. The van der Waals surface area contributed by atoms with Crippen LogP contribution < -0.4 is 10.1 Å². The lowest BCUT2D eigenvalue weighted by Gasteiger charge is -2.21. The molecule has 0 heterocycles. The van der Waals surface area contributed by atoms with E-state index < -0.39 is 28.2 Å². The standard InChI is InChI=1S/C25H24N2O6S/c1-16-9-14-22(32-3)21(15-16)26-24(28)23(18-7-5-4-6-8-18)33-25(29)17(2)34-20-12-10-19(11-13-20)27(30)31/h4-15,17,23H,1-3H3,(H,26,28). The summed E-state index contributed by atoms with van der Waals surface area (Å²) >= 11 is 1.18. The molecular formula is C25H24N2O6S. The van der Waals surface area contributed by atoms with Gasteiger partial charge in [0.2, 0.25) is 6.10 Å². The van der Waals surface area contributed by atoms with Gasteiger partial charge < -0.3 is 14.8 Å². The molecule has 176 valence electrons. The van der Waals surface area contributed by atoms with Crippen LogP contribution in [0.5, 0.6) is 5.75 Å². The number of methoxy groups -OCH3 is 1. The Morgan fingerprint density at radius 3 is 2.32 bits per heavy atom. The van der Waals surface area contributed by atoms with Crippen LogP contribution in [0.1, 0.15) is 24.2 Å². The van der Waals surface area contributed by atoms with Crippen LogP contribution in [-0.4, -0.2) is 29.2 Å². The Morgan fingerprint density at radius 2 is 1.71 bits per heavy atom. The monoisotopic (exact) mass is 480 g/mol. The first-order chi connectivity index (χ1) is 16.3. The summed E-state index contributed by atoms with van der Waals surface area (Å²) in [5, 5.41) is 13.0. The molecule has 3 rings (SSSR count). The largest absolute Gasteiger partial charge is 0.495 e. The molecule has 1 amide bonds. The molecule has 0 spiro atoms. The maximum absolute atomic E-state index is 13.2. The van der Waals surface area contributed by atoms with E-state index in [9.17, 15) is 19.7 Å². The van der Waals surface area contributed by atoms with Gasteiger partial charge in [0.15, 0.2) is 0 Å². The Kier molecular flexibility index (Phi) is 8.26. The quantitative estimate of drug-likeness (QED) is 0.191. The van der Waals surface area contributed by atoms with Gasteiger partial charge in [0.05, 0.1) is 17.7 Å². The predicted molar refractivity (Wildman–Crippen MR) is 130 cm³/mol. The maximum Gasteiger partial charge on any atom is 0.320 e. The van der Waals surface area contributed by atoms with Gasteiger partial charge in [-0.1, -0.05) is 36.4 Å². The Morgan fingerprint density at radius 1 is 1.03 bits per heavy atom. The SMILES string of the molecule is COc1ccc(C)cc1NC(=O)C(OC(=O)C(C)Sc1ccc([N+](=O)[O-])cc1)c1ccccc1. The molecule has 1 N–H and O–H groups in total. The van der Waals surface area contributed by atoms with Gasteiger partial charge in [-0.25, -0.2) is 0 Å². The molecule has 34 heavy (non-hydrogen) atoms. The fraction of sp³-hybridized carbons (Fsp3) is 0.200. The van der Waals surface area contributed by atoms with E-state index in [1.54, 1.807) is 61.5 Å². The van der Waals surface area contributed by atoms with Crippen molar-refractivity contribution in [1.82, 2.24) is 0 Å². The molecule has 0 radical (unpaired) electrons.